The molecule has 1 fully saturated rings. The first-order valence-corrected chi connectivity index (χ1v) is 5.83. The van der Waals surface area contributed by atoms with Crippen molar-refractivity contribution >= 4 is 11.9 Å². The number of aromatic nitrogens is 1. The fourth-order valence-electron chi connectivity index (χ4n) is 3.30. The van der Waals surface area contributed by atoms with Gasteiger partial charge in [-0.05, 0) is 25.0 Å². The highest BCUT2D eigenvalue weighted by atomic mass is 16.2. The van der Waals surface area contributed by atoms with Crippen LogP contribution in [-0.2, 0) is 0 Å². The second-order valence-corrected chi connectivity index (χ2v) is 4.80. The van der Waals surface area contributed by atoms with Crippen molar-refractivity contribution in [2.24, 2.45) is 10.7 Å². The zero-order chi connectivity index (χ0) is 11.6. The van der Waals surface area contributed by atoms with Gasteiger partial charge < -0.3 is 20.5 Å². The summed E-state index contributed by atoms with van der Waals surface area (Å²) in [7, 11) is 0. The van der Waals surface area contributed by atoms with Crippen molar-refractivity contribution in [1.82, 2.24) is 14.8 Å². The summed E-state index contributed by atoms with van der Waals surface area (Å²) in [6.07, 6.45) is 3.67. The molecular weight excluding hydrogens is 218 g/mol. The molecule has 6 heteroatoms. The number of aliphatic imine (C=N–C) groups is 1. The molecule has 3 aliphatic rings. The van der Waals surface area contributed by atoms with E-state index in [4.69, 9.17) is 5.73 Å². The number of nitrogens with zero attached hydrogens (tertiary/aromatic N) is 3. The fourth-order valence-corrected chi connectivity index (χ4v) is 3.30. The molecule has 4 heterocycles. The third-order valence-corrected chi connectivity index (χ3v) is 3.96. The van der Waals surface area contributed by atoms with Crippen LogP contribution in [0.25, 0.3) is 0 Å². The lowest BCUT2D eigenvalue weighted by Crippen LogP contribution is -2.63. The maximum Gasteiger partial charge on any atom is 0.272 e. The molecule has 1 aromatic heterocycles. The summed E-state index contributed by atoms with van der Waals surface area (Å²) in [6, 6.07) is 3.72. The number of amides is 1. The molecule has 0 radical (unpaired) electrons. The van der Waals surface area contributed by atoms with Crippen LogP contribution in [0.4, 0.5) is 0 Å². The lowest BCUT2D eigenvalue weighted by Gasteiger charge is -2.43. The average Bonchev–Trinajstić information content (AvgIpc) is 2.96. The minimum atomic E-state index is -0.423. The zero-order valence-electron chi connectivity index (χ0n) is 9.26. The van der Waals surface area contributed by atoms with Crippen LogP contribution in [0, 0.1) is 0 Å². The Bertz CT molecular complexity index is 548. The van der Waals surface area contributed by atoms with Gasteiger partial charge in [0.2, 0.25) is 0 Å². The van der Waals surface area contributed by atoms with Gasteiger partial charge in [0.25, 0.3) is 5.91 Å². The Morgan fingerprint density at radius 1 is 1.59 bits per heavy atom. The molecule has 88 valence electrons. The summed E-state index contributed by atoms with van der Waals surface area (Å²) in [5.74, 6) is 0.498. The van der Waals surface area contributed by atoms with Gasteiger partial charge in [0.1, 0.15) is 5.69 Å². The molecule has 0 aromatic carbocycles. The fraction of sp³-hybridized carbons (Fsp3) is 0.455. The van der Waals surface area contributed by atoms with Gasteiger partial charge in [-0.2, -0.15) is 0 Å². The molecule has 1 saturated heterocycles. The molecule has 3 aliphatic heterocycles. The number of carbonyl (C=O) groups is 1. The molecule has 1 spiro atoms. The van der Waals surface area contributed by atoms with Crippen LogP contribution < -0.4 is 11.1 Å². The first kappa shape index (κ1) is 9.09. The van der Waals surface area contributed by atoms with E-state index in [1.165, 1.54) is 0 Å². The maximum atomic E-state index is 12.4. The Balaban J connectivity index is 1.97. The number of carbonyl (C=O) groups excluding carboxylic acids is 1. The van der Waals surface area contributed by atoms with E-state index in [9.17, 15) is 4.79 Å². The first-order valence-electron chi connectivity index (χ1n) is 5.83. The highest BCUT2D eigenvalue weighted by molar-refractivity contribution is 5.96. The van der Waals surface area contributed by atoms with Crippen molar-refractivity contribution in [1.29, 1.82) is 0 Å². The van der Waals surface area contributed by atoms with E-state index in [0.29, 0.717) is 11.7 Å². The topological polar surface area (TPSA) is 75.6 Å². The minimum Gasteiger partial charge on any atom is -0.370 e. The first-order chi connectivity index (χ1) is 8.22. The predicted molar refractivity (Wildman–Crippen MR) is 61.2 cm³/mol. The third-order valence-electron chi connectivity index (χ3n) is 3.96. The van der Waals surface area contributed by atoms with Crippen LogP contribution in [0.3, 0.4) is 0 Å². The number of hydrogen-bond acceptors (Lipinski definition) is 4. The molecule has 0 bridgehead atoms. The van der Waals surface area contributed by atoms with Crippen LogP contribution in [0.5, 0.6) is 0 Å². The van der Waals surface area contributed by atoms with Crippen molar-refractivity contribution in [3.63, 3.8) is 0 Å². The zero-order valence-corrected chi connectivity index (χ0v) is 9.26. The van der Waals surface area contributed by atoms with Crippen molar-refractivity contribution in [2.75, 3.05) is 6.54 Å². The van der Waals surface area contributed by atoms with Crippen LogP contribution in [-0.4, -0.2) is 33.5 Å². The summed E-state index contributed by atoms with van der Waals surface area (Å²) in [5, 5.41) is 3.20. The van der Waals surface area contributed by atoms with Crippen molar-refractivity contribution in [2.45, 2.75) is 24.7 Å². The number of rotatable bonds is 0. The summed E-state index contributed by atoms with van der Waals surface area (Å²) in [4.78, 5) is 18.7. The lowest BCUT2D eigenvalue weighted by molar-refractivity contribution is 0.0327. The van der Waals surface area contributed by atoms with Crippen molar-refractivity contribution in [3.8, 4) is 0 Å². The predicted octanol–water partition coefficient (Wildman–Crippen LogP) is -0.150. The van der Waals surface area contributed by atoms with Crippen molar-refractivity contribution < 1.29 is 4.79 Å². The van der Waals surface area contributed by atoms with E-state index >= 15 is 0 Å². The number of nitrogens with one attached hydrogen (secondary N) is 1. The number of hydrogen-bond donors (Lipinski definition) is 2. The van der Waals surface area contributed by atoms with E-state index in [0.717, 1.165) is 19.4 Å². The van der Waals surface area contributed by atoms with Gasteiger partial charge in [-0.1, -0.05) is 0 Å². The third kappa shape index (κ3) is 0.878. The van der Waals surface area contributed by atoms with E-state index in [2.05, 4.69) is 10.3 Å². The Kier molecular flexibility index (Phi) is 1.41. The molecule has 1 unspecified atom stereocenters. The van der Waals surface area contributed by atoms with Crippen molar-refractivity contribution in [3.05, 3.63) is 24.0 Å². The highest BCUT2D eigenvalue weighted by Crippen LogP contribution is 2.44. The quantitative estimate of drug-likeness (QED) is 0.652. The Morgan fingerprint density at radius 2 is 2.47 bits per heavy atom. The molecule has 1 amide bonds. The normalized spacial score (nSPS) is 33.9. The average molecular weight is 231 g/mol. The number of nitrogens with two attached hydrogens (primary N) is 1. The van der Waals surface area contributed by atoms with Crippen LogP contribution >= 0.6 is 0 Å². The summed E-state index contributed by atoms with van der Waals surface area (Å²) in [6.45, 7) is 0.774. The van der Waals surface area contributed by atoms with Gasteiger partial charge in [0.15, 0.2) is 17.8 Å². The molecule has 6 nitrogen and oxygen atoms in total. The van der Waals surface area contributed by atoms with Gasteiger partial charge in [-0.15, -0.1) is 0 Å². The summed E-state index contributed by atoms with van der Waals surface area (Å²) < 4.78 is 1.93. The molecule has 1 aromatic rings. The second-order valence-electron chi connectivity index (χ2n) is 4.80. The highest BCUT2D eigenvalue weighted by Gasteiger charge is 2.57. The number of fused-ring (bicyclic) bond motifs is 2. The molecule has 0 saturated carbocycles. The van der Waals surface area contributed by atoms with Crippen LogP contribution in [0.15, 0.2) is 23.3 Å². The molecule has 0 aliphatic carbocycles. The molecule has 2 atom stereocenters. The maximum absolute atomic E-state index is 12.4. The monoisotopic (exact) mass is 231 g/mol. The Labute approximate surface area is 98.1 Å². The summed E-state index contributed by atoms with van der Waals surface area (Å²) in [5.41, 5.74) is 6.08. The lowest BCUT2D eigenvalue weighted by atomic mass is 10.0. The Hall–Kier alpha value is -1.98. The summed E-state index contributed by atoms with van der Waals surface area (Å²) >= 11 is 0. The molecule has 17 heavy (non-hydrogen) atoms. The van der Waals surface area contributed by atoms with Gasteiger partial charge in [-0.25, -0.2) is 4.99 Å². The minimum absolute atomic E-state index is 0.0705. The smallest absolute Gasteiger partial charge is 0.272 e. The van der Waals surface area contributed by atoms with Crippen LogP contribution in [0.2, 0.25) is 0 Å². The molecule has 3 N–H and O–H groups in total. The van der Waals surface area contributed by atoms with Gasteiger partial charge in [-0.3, -0.25) is 4.79 Å². The largest absolute Gasteiger partial charge is 0.370 e. The number of guanidine groups is 1. The SMILES string of the molecule is NC1=N[C@H]2n3cccc3C(=O)N3CCCC23N1. The molecule has 4 rings (SSSR count). The van der Waals surface area contributed by atoms with Gasteiger partial charge in [0.05, 0.1) is 0 Å². The van der Waals surface area contributed by atoms with E-state index in [1.807, 2.05) is 27.8 Å². The van der Waals surface area contributed by atoms with E-state index in [-0.39, 0.29) is 12.1 Å². The van der Waals surface area contributed by atoms with E-state index in [1.54, 1.807) is 0 Å². The van der Waals surface area contributed by atoms with Gasteiger partial charge in [0, 0.05) is 12.7 Å². The van der Waals surface area contributed by atoms with Gasteiger partial charge >= 0.3 is 0 Å². The standard InChI is InChI=1S/C11H13N5O/c12-10-13-9-11(14-10)4-2-6-16(11)8(17)7-3-1-5-15(7)9/h1,3,5,9H,2,4,6H2,(H3,12,13,14)/t9-,11?/m0/s1. The van der Waals surface area contributed by atoms with E-state index < -0.39 is 5.66 Å². The molecular formula is C11H13N5O. The Morgan fingerprint density at radius 3 is 3.35 bits per heavy atom. The second kappa shape index (κ2) is 2.64. The van der Waals surface area contributed by atoms with Crippen LogP contribution in [0.1, 0.15) is 29.5 Å².